The van der Waals surface area contributed by atoms with Gasteiger partial charge in [-0.25, -0.2) is 4.79 Å². The molecule has 19 heavy (non-hydrogen) atoms. The van der Waals surface area contributed by atoms with Crippen LogP contribution < -0.4 is 0 Å². The van der Waals surface area contributed by atoms with Crippen molar-refractivity contribution in [1.82, 2.24) is 4.90 Å². The van der Waals surface area contributed by atoms with Gasteiger partial charge in [-0.15, -0.1) is 0 Å². The van der Waals surface area contributed by atoms with Crippen molar-refractivity contribution in [2.24, 2.45) is 11.8 Å². The molecule has 3 rings (SSSR count). The summed E-state index contributed by atoms with van der Waals surface area (Å²) in [6.45, 7) is 4.63. The average molecular weight is 265 g/mol. The van der Waals surface area contributed by atoms with Crippen LogP contribution in [0.25, 0.3) is 0 Å². The van der Waals surface area contributed by atoms with Gasteiger partial charge < -0.3 is 9.64 Å². The first-order valence-corrected chi connectivity index (χ1v) is 8.14. The van der Waals surface area contributed by atoms with Crippen LogP contribution in [-0.4, -0.2) is 29.2 Å². The molecule has 2 heterocycles. The Morgan fingerprint density at radius 3 is 2.16 bits per heavy atom. The van der Waals surface area contributed by atoms with Gasteiger partial charge >= 0.3 is 6.09 Å². The van der Waals surface area contributed by atoms with E-state index in [-0.39, 0.29) is 12.2 Å². The molecule has 0 N–H and O–H groups in total. The monoisotopic (exact) mass is 265 g/mol. The first kappa shape index (κ1) is 13.3. The van der Waals surface area contributed by atoms with Crippen LogP contribution in [0.4, 0.5) is 4.79 Å². The summed E-state index contributed by atoms with van der Waals surface area (Å²) in [5.41, 5.74) is 0. The highest BCUT2D eigenvalue weighted by molar-refractivity contribution is 5.69. The standard InChI is InChI=1S/C16H27NO2/c1-11(2)12-9-13-7-8-14(10-12)17(13)16(18)19-15-5-3-4-6-15/h11-15H,3-10H2,1-2H3. The molecule has 2 aliphatic heterocycles. The maximum Gasteiger partial charge on any atom is 0.410 e. The van der Waals surface area contributed by atoms with Crippen molar-refractivity contribution in [3.63, 3.8) is 0 Å². The Morgan fingerprint density at radius 1 is 1.05 bits per heavy atom. The SMILES string of the molecule is CC(C)C1CC2CCC(C1)N2C(=O)OC1CCCC1. The maximum atomic E-state index is 12.4. The summed E-state index contributed by atoms with van der Waals surface area (Å²) in [6, 6.07) is 0.917. The van der Waals surface area contributed by atoms with E-state index in [0.717, 1.165) is 24.7 Å². The zero-order chi connectivity index (χ0) is 13.4. The molecular weight excluding hydrogens is 238 g/mol. The highest BCUT2D eigenvalue weighted by Gasteiger charge is 2.45. The maximum absolute atomic E-state index is 12.4. The first-order chi connectivity index (χ1) is 9.15. The van der Waals surface area contributed by atoms with Gasteiger partial charge in [0.25, 0.3) is 0 Å². The molecule has 0 aromatic rings. The molecule has 3 aliphatic rings. The summed E-state index contributed by atoms with van der Waals surface area (Å²) in [5, 5.41) is 0. The lowest BCUT2D eigenvalue weighted by molar-refractivity contribution is 0.0275. The number of hydrogen-bond donors (Lipinski definition) is 0. The van der Waals surface area contributed by atoms with E-state index in [1.807, 2.05) is 0 Å². The number of carbonyl (C=O) groups is 1. The first-order valence-electron chi connectivity index (χ1n) is 8.14. The van der Waals surface area contributed by atoms with Crippen LogP contribution in [0.5, 0.6) is 0 Å². The third-order valence-electron chi connectivity index (χ3n) is 5.49. The second-order valence-electron chi connectivity index (χ2n) is 7.06. The van der Waals surface area contributed by atoms with E-state index in [1.165, 1.54) is 38.5 Å². The van der Waals surface area contributed by atoms with E-state index >= 15 is 0 Å². The molecule has 1 aliphatic carbocycles. The van der Waals surface area contributed by atoms with Crippen LogP contribution in [0.2, 0.25) is 0 Å². The van der Waals surface area contributed by atoms with Gasteiger partial charge in [-0.05, 0) is 63.2 Å². The van der Waals surface area contributed by atoms with Gasteiger partial charge in [-0.2, -0.15) is 0 Å². The van der Waals surface area contributed by atoms with E-state index in [2.05, 4.69) is 18.7 Å². The third kappa shape index (κ3) is 2.61. The van der Waals surface area contributed by atoms with Gasteiger partial charge in [0, 0.05) is 12.1 Å². The number of carbonyl (C=O) groups excluding carboxylic acids is 1. The molecule has 3 heteroatoms. The van der Waals surface area contributed by atoms with Gasteiger partial charge in [0.2, 0.25) is 0 Å². The van der Waals surface area contributed by atoms with Gasteiger partial charge in [0.15, 0.2) is 0 Å². The molecule has 2 bridgehead atoms. The summed E-state index contributed by atoms with van der Waals surface area (Å²) in [5.74, 6) is 1.55. The minimum atomic E-state index is -0.0124. The molecule has 1 amide bonds. The van der Waals surface area contributed by atoms with Crippen LogP contribution in [0, 0.1) is 11.8 Å². The predicted octanol–water partition coefficient (Wildman–Crippen LogP) is 3.96. The zero-order valence-electron chi connectivity index (χ0n) is 12.3. The van der Waals surface area contributed by atoms with E-state index in [9.17, 15) is 4.79 Å². The summed E-state index contributed by atoms with van der Waals surface area (Å²) in [6.07, 6.45) is 9.53. The van der Waals surface area contributed by atoms with Crippen molar-refractivity contribution in [3.05, 3.63) is 0 Å². The highest BCUT2D eigenvalue weighted by atomic mass is 16.6. The van der Waals surface area contributed by atoms with Gasteiger partial charge in [-0.3, -0.25) is 0 Å². The quantitative estimate of drug-likeness (QED) is 0.756. The molecule has 3 nitrogen and oxygen atoms in total. The van der Waals surface area contributed by atoms with E-state index in [4.69, 9.17) is 4.74 Å². The normalized spacial score (nSPS) is 35.1. The summed E-state index contributed by atoms with van der Waals surface area (Å²) in [4.78, 5) is 14.5. The molecule has 2 atom stereocenters. The number of piperidine rings is 1. The fourth-order valence-corrected chi connectivity index (χ4v) is 4.27. The topological polar surface area (TPSA) is 29.5 Å². The minimum absolute atomic E-state index is 0.0124. The van der Waals surface area contributed by atoms with Crippen LogP contribution in [-0.2, 0) is 4.74 Å². The number of rotatable bonds is 2. The Morgan fingerprint density at radius 2 is 1.63 bits per heavy atom. The Kier molecular flexibility index (Phi) is 3.72. The van der Waals surface area contributed by atoms with Crippen LogP contribution >= 0.6 is 0 Å². The predicted molar refractivity (Wildman–Crippen MR) is 74.9 cm³/mol. The molecule has 2 saturated heterocycles. The number of fused-ring (bicyclic) bond motifs is 2. The summed E-state index contributed by atoms with van der Waals surface area (Å²) >= 11 is 0. The lowest BCUT2D eigenvalue weighted by Crippen LogP contribution is -2.48. The molecule has 0 aromatic heterocycles. The lowest BCUT2D eigenvalue weighted by Gasteiger charge is -2.40. The molecule has 2 unspecified atom stereocenters. The number of hydrogen-bond acceptors (Lipinski definition) is 2. The van der Waals surface area contributed by atoms with Crippen molar-refractivity contribution in [2.75, 3.05) is 0 Å². The van der Waals surface area contributed by atoms with Crippen molar-refractivity contribution in [1.29, 1.82) is 0 Å². The molecular formula is C16H27NO2. The van der Waals surface area contributed by atoms with E-state index in [1.54, 1.807) is 0 Å². The number of nitrogens with zero attached hydrogens (tertiary/aromatic N) is 1. The summed E-state index contributed by atoms with van der Waals surface area (Å²) < 4.78 is 5.71. The molecule has 1 saturated carbocycles. The Balaban J connectivity index is 1.61. The number of ether oxygens (including phenoxy) is 1. The largest absolute Gasteiger partial charge is 0.446 e. The Hall–Kier alpha value is -0.730. The van der Waals surface area contributed by atoms with E-state index in [0.29, 0.717) is 12.1 Å². The lowest BCUT2D eigenvalue weighted by atomic mass is 9.83. The molecule has 108 valence electrons. The third-order valence-corrected chi connectivity index (χ3v) is 5.49. The molecule has 0 aromatic carbocycles. The van der Waals surface area contributed by atoms with E-state index < -0.39 is 0 Å². The Labute approximate surface area is 116 Å². The second-order valence-corrected chi connectivity index (χ2v) is 7.06. The average Bonchev–Trinajstić information content (AvgIpc) is 2.95. The van der Waals surface area contributed by atoms with Crippen molar-refractivity contribution >= 4 is 6.09 Å². The molecule has 0 radical (unpaired) electrons. The minimum Gasteiger partial charge on any atom is -0.446 e. The van der Waals surface area contributed by atoms with Crippen LogP contribution in [0.3, 0.4) is 0 Å². The van der Waals surface area contributed by atoms with Gasteiger partial charge in [-0.1, -0.05) is 13.8 Å². The van der Waals surface area contributed by atoms with Crippen LogP contribution in [0.1, 0.15) is 65.2 Å². The highest BCUT2D eigenvalue weighted by Crippen LogP contribution is 2.42. The fraction of sp³-hybridized carbons (Fsp3) is 0.938. The molecule has 3 fully saturated rings. The van der Waals surface area contributed by atoms with Crippen LogP contribution in [0.15, 0.2) is 0 Å². The Bertz CT molecular complexity index is 322. The number of amides is 1. The van der Waals surface area contributed by atoms with Gasteiger partial charge in [0.05, 0.1) is 0 Å². The van der Waals surface area contributed by atoms with Gasteiger partial charge in [0.1, 0.15) is 6.10 Å². The zero-order valence-corrected chi connectivity index (χ0v) is 12.3. The second kappa shape index (κ2) is 5.34. The van der Waals surface area contributed by atoms with Crippen molar-refractivity contribution in [2.45, 2.75) is 83.4 Å². The summed E-state index contributed by atoms with van der Waals surface area (Å²) in [7, 11) is 0. The fourth-order valence-electron chi connectivity index (χ4n) is 4.27. The van der Waals surface area contributed by atoms with Crippen molar-refractivity contribution in [3.8, 4) is 0 Å². The van der Waals surface area contributed by atoms with Crippen molar-refractivity contribution < 1.29 is 9.53 Å². The smallest absolute Gasteiger partial charge is 0.410 e. The molecule has 0 spiro atoms.